The molecule has 0 aliphatic rings. The van der Waals surface area contributed by atoms with Crippen LogP contribution in [0.15, 0.2) is 109 Å². The predicted octanol–water partition coefficient (Wildman–Crippen LogP) is 5.45. The molecular weight excluding hydrogens is 646 g/mol. The van der Waals surface area contributed by atoms with E-state index in [9.17, 15) is 15.0 Å². The summed E-state index contributed by atoms with van der Waals surface area (Å²) in [6.45, 7) is 3.61. The van der Waals surface area contributed by atoms with Crippen LogP contribution < -0.4 is 21.3 Å². The van der Waals surface area contributed by atoms with Gasteiger partial charge in [0.15, 0.2) is 11.5 Å². The minimum Gasteiger partial charge on any atom is -0.504 e. The zero-order valence-corrected chi connectivity index (χ0v) is 28.5. The number of aromatic nitrogens is 3. The van der Waals surface area contributed by atoms with Crippen molar-refractivity contribution in [3.63, 3.8) is 0 Å². The maximum atomic E-state index is 12.1. The van der Waals surface area contributed by atoms with Gasteiger partial charge in [0.1, 0.15) is 0 Å². The molecule has 0 saturated heterocycles. The number of amides is 1. The molecule has 4 aromatic carbocycles. The van der Waals surface area contributed by atoms with Crippen molar-refractivity contribution in [2.45, 2.75) is 18.8 Å². The lowest BCUT2D eigenvalue weighted by atomic mass is 9.88. The molecule has 0 aliphatic heterocycles. The van der Waals surface area contributed by atoms with Crippen molar-refractivity contribution in [1.82, 2.24) is 20.3 Å². The van der Waals surface area contributed by atoms with Gasteiger partial charge < -0.3 is 41.0 Å². The van der Waals surface area contributed by atoms with Crippen LogP contribution in [0.3, 0.4) is 0 Å². The lowest BCUT2D eigenvalue weighted by molar-refractivity contribution is 0.0519. The first-order valence-corrected chi connectivity index (χ1v) is 17.1. The smallest absolute Gasteiger partial charge is 0.251 e. The third-order valence-corrected chi connectivity index (χ3v) is 7.96. The van der Waals surface area contributed by atoms with E-state index in [2.05, 4.69) is 84.8 Å². The average Bonchev–Trinajstić information content (AvgIpc) is 3.16. The number of carbonyl (C=O) groups is 1. The normalized spacial score (nSPS) is 10.9. The van der Waals surface area contributed by atoms with Crippen molar-refractivity contribution in [3.05, 3.63) is 131 Å². The second-order valence-corrected chi connectivity index (χ2v) is 11.7. The second kappa shape index (κ2) is 20.1. The molecule has 12 heteroatoms. The van der Waals surface area contributed by atoms with E-state index < -0.39 is 0 Å². The highest BCUT2D eigenvalue weighted by molar-refractivity contribution is 5.94. The van der Waals surface area contributed by atoms with Crippen LogP contribution in [-0.2, 0) is 15.9 Å². The third kappa shape index (κ3) is 12.3. The molecule has 1 aromatic heterocycles. The number of anilines is 3. The summed E-state index contributed by atoms with van der Waals surface area (Å²) in [4.78, 5) is 25.9. The van der Waals surface area contributed by atoms with Crippen LogP contribution in [0, 0.1) is 0 Å². The largest absolute Gasteiger partial charge is 0.504 e. The summed E-state index contributed by atoms with van der Waals surface area (Å²) in [6, 6.07) is 34.7. The van der Waals surface area contributed by atoms with Crippen molar-refractivity contribution in [3.8, 4) is 11.5 Å². The maximum Gasteiger partial charge on any atom is 0.251 e. The van der Waals surface area contributed by atoms with E-state index in [1.807, 2.05) is 30.3 Å². The molecular formula is C39H45N7O5. The highest BCUT2D eigenvalue weighted by Gasteiger charge is 2.15. The van der Waals surface area contributed by atoms with Crippen molar-refractivity contribution < 1.29 is 24.5 Å². The predicted molar refractivity (Wildman–Crippen MR) is 199 cm³/mol. The lowest BCUT2D eigenvalue weighted by Gasteiger charge is -2.19. The van der Waals surface area contributed by atoms with Crippen LogP contribution in [0.1, 0.15) is 39.4 Å². The van der Waals surface area contributed by atoms with E-state index in [4.69, 9.17) is 9.47 Å². The lowest BCUT2D eigenvalue weighted by Crippen LogP contribution is -2.27. The van der Waals surface area contributed by atoms with Gasteiger partial charge in [0, 0.05) is 37.7 Å². The van der Waals surface area contributed by atoms with Crippen LogP contribution in [0.25, 0.3) is 0 Å². The molecule has 51 heavy (non-hydrogen) atoms. The Hall–Kier alpha value is -5.72. The van der Waals surface area contributed by atoms with Gasteiger partial charge in [-0.25, -0.2) is 0 Å². The quantitative estimate of drug-likeness (QED) is 0.0429. The third-order valence-electron chi connectivity index (χ3n) is 7.96. The number of aromatic hydroxyl groups is 2. The summed E-state index contributed by atoms with van der Waals surface area (Å²) >= 11 is 0. The van der Waals surface area contributed by atoms with E-state index in [0.29, 0.717) is 82.4 Å². The molecule has 0 spiro atoms. The molecule has 0 radical (unpaired) electrons. The van der Waals surface area contributed by atoms with E-state index in [0.717, 1.165) is 12.0 Å². The number of nitrogens with zero attached hydrogens (tertiary/aromatic N) is 3. The molecule has 0 saturated carbocycles. The zero-order valence-electron chi connectivity index (χ0n) is 28.5. The molecule has 1 amide bonds. The van der Waals surface area contributed by atoms with E-state index >= 15 is 0 Å². The fourth-order valence-electron chi connectivity index (χ4n) is 5.37. The topological polar surface area (TPSA) is 163 Å². The molecule has 12 nitrogen and oxygen atoms in total. The Labute approximate surface area is 298 Å². The second-order valence-electron chi connectivity index (χ2n) is 11.7. The minimum atomic E-state index is -0.156. The Morgan fingerprint density at radius 1 is 0.588 bits per heavy atom. The first kappa shape index (κ1) is 36.6. The fourth-order valence-corrected chi connectivity index (χ4v) is 5.37. The molecule has 5 rings (SSSR count). The monoisotopic (exact) mass is 691 g/mol. The first-order chi connectivity index (χ1) is 25.0. The Balaban J connectivity index is 1.10. The van der Waals surface area contributed by atoms with Gasteiger partial charge in [0.25, 0.3) is 5.91 Å². The van der Waals surface area contributed by atoms with Crippen LogP contribution in [0.4, 0.5) is 17.8 Å². The van der Waals surface area contributed by atoms with Gasteiger partial charge in [-0.15, -0.1) is 0 Å². The van der Waals surface area contributed by atoms with Gasteiger partial charge >= 0.3 is 0 Å². The Morgan fingerprint density at radius 3 is 1.71 bits per heavy atom. The molecule has 266 valence electrons. The maximum absolute atomic E-state index is 12.1. The SMILES string of the molecule is O=C(NCCOCCOCCNc1nc(NCCc2ccc(O)c(O)c2)nc(NCCC(c2ccccc2)c2ccccc2)n1)c1ccccc1. The number of phenols is 2. The standard InChI is InChI=1S/C39H45N7O5/c47-34-17-16-29(28-35(34)48)18-20-41-37-44-38(42-21-19-33(30-10-4-1-5-11-30)31-12-6-2-7-13-31)46-39(45-37)43-23-25-51-27-26-50-24-22-40-36(49)32-14-8-3-9-15-32/h1-17,28,33,47-48H,18-27H2,(H,40,49)(H3,41,42,43,44,45,46). The summed E-state index contributed by atoms with van der Waals surface area (Å²) in [6.07, 6.45) is 1.40. The minimum absolute atomic E-state index is 0.127. The molecule has 0 bridgehead atoms. The highest BCUT2D eigenvalue weighted by atomic mass is 16.5. The van der Waals surface area contributed by atoms with Crippen molar-refractivity contribution in [1.29, 1.82) is 0 Å². The van der Waals surface area contributed by atoms with Crippen LogP contribution >= 0.6 is 0 Å². The van der Waals surface area contributed by atoms with Gasteiger partial charge in [0.05, 0.1) is 26.4 Å². The van der Waals surface area contributed by atoms with Crippen LogP contribution in [-0.4, -0.2) is 83.7 Å². The van der Waals surface area contributed by atoms with Crippen molar-refractivity contribution in [2.75, 3.05) is 68.6 Å². The molecule has 0 unspecified atom stereocenters. The van der Waals surface area contributed by atoms with Gasteiger partial charge in [-0.3, -0.25) is 4.79 Å². The van der Waals surface area contributed by atoms with Crippen LogP contribution in [0.2, 0.25) is 0 Å². The van der Waals surface area contributed by atoms with E-state index in [1.165, 1.54) is 23.3 Å². The van der Waals surface area contributed by atoms with Crippen LogP contribution in [0.5, 0.6) is 11.5 Å². The number of rotatable bonds is 21. The Kier molecular flexibility index (Phi) is 14.4. The van der Waals surface area contributed by atoms with Crippen molar-refractivity contribution in [2.24, 2.45) is 0 Å². The van der Waals surface area contributed by atoms with E-state index in [1.54, 1.807) is 18.2 Å². The number of nitrogens with one attached hydrogen (secondary N) is 4. The molecule has 0 atom stereocenters. The van der Waals surface area contributed by atoms with Gasteiger partial charge in [-0.1, -0.05) is 84.9 Å². The first-order valence-electron chi connectivity index (χ1n) is 17.1. The van der Waals surface area contributed by atoms with Gasteiger partial charge in [-0.2, -0.15) is 15.0 Å². The molecule has 6 N–H and O–H groups in total. The molecule has 1 heterocycles. The summed E-state index contributed by atoms with van der Waals surface area (Å²) in [7, 11) is 0. The number of hydrogen-bond donors (Lipinski definition) is 6. The Bertz CT molecular complexity index is 1730. The summed E-state index contributed by atoms with van der Waals surface area (Å²) in [5, 5.41) is 32.2. The zero-order chi connectivity index (χ0) is 35.5. The Morgan fingerprint density at radius 2 is 1.12 bits per heavy atom. The van der Waals surface area contributed by atoms with E-state index in [-0.39, 0.29) is 23.3 Å². The number of benzene rings is 4. The van der Waals surface area contributed by atoms with Crippen molar-refractivity contribution >= 4 is 23.8 Å². The summed E-state index contributed by atoms with van der Waals surface area (Å²) in [5.41, 5.74) is 3.96. The number of ether oxygens (including phenoxy) is 2. The molecule has 5 aromatic rings. The summed E-state index contributed by atoms with van der Waals surface area (Å²) < 4.78 is 11.3. The fraction of sp³-hybridized carbons (Fsp3) is 0.282. The number of hydrogen-bond acceptors (Lipinski definition) is 11. The van der Waals surface area contributed by atoms with Gasteiger partial charge in [-0.05, 0) is 53.8 Å². The molecule has 0 aliphatic carbocycles. The number of phenolic OH excluding ortho intramolecular Hbond substituents is 2. The highest BCUT2D eigenvalue weighted by Crippen LogP contribution is 2.28. The average molecular weight is 692 g/mol. The number of carbonyl (C=O) groups excluding carboxylic acids is 1. The summed E-state index contributed by atoms with van der Waals surface area (Å²) in [5.74, 6) is 0.995. The van der Waals surface area contributed by atoms with Gasteiger partial charge in [0.2, 0.25) is 17.8 Å². The molecule has 0 fully saturated rings.